The van der Waals surface area contributed by atoms with Gasteiger partial charge >= 0.3 is 5.97 Å². The molecule has 0 atom stereocenters. The number of nitrogens with zero attached hydrogens (tertiary/aromatic N) is 1. The van der Waals surface area contributed by atoms with E-state index in [1.165, 1.54) is 0 Å². The summed E-state index contributed by atoms with van der Waals surface area (Å²) < 4.78 is 7.25. The number of carboxylic acid groups (broad SMARTS) is 1. The van der Waals surface area contributed by atoms with Gasteiger partial charge in [0.2, 0.25) is 0 Å². The molecule has 0 radical (unpaired) electrons. The Labute approximate surface area is 118 Å². The highest BCUT2D eigenvalue weighted by atomic mass is 16.6. The summed E-state index contributed by atoms with van der Waals surface area (Å²) in [4.78, 5) is 11.6. The molecule has 4 nitrogen and oxygen atoms in total. The zero-order valence-corrected chi connectivity index (χ0v) is 10.8. The van der Waals surface area contributed by atoms with Gasteiger partial charge in [0.15, 0.2) is 11.5 Å². The highest BCUT2D eigenvalue weighted by Gasteiger charge is 2.32. The molecule has 2 aromatic carbocycles. The SMILES string of the molecule is O=C(O)c1c2c(cc3ccc4c5ccccc5cn4c13)O2. The number of aromatic nitrogens is 1. The van der Waals surface area contributed by atoms with Gasteiger partial charge in [-0.15, -0.1) is 0 Å². The van der Waals surface area contributed by atoms with Gasteiger partial charge in [-0.25, -0.2) is 4.79 Å². The van der Waals surface area contributed by atoms with Crippen LogP contribution in [0.4, 0.5) is 0 Å². The summed E-state index contributed by atoms with van der Waals surface area (Å²) in [7, 11) is 0. The lowest BCUT2D eigenvalue weighted by Crippen LogP contribution is -1.99. The number of rotatable bonds is 1. The quantitative estimate of drug-likeness (QED) is 0.469. The molecule has 5 rings (SSSR count). The van der Waals surface area contributed by atoms with Crippen molar-refractivity contribution in [2.45, 2.75) is 0 Å². The molecule has 1 N–H and O–H groups in total. The van der Waals surface area contributed by atoms with Crippen LogP contribution in [0.15, 0.2) is 48.7 Å². The van der Waals surface area contributed by atoms with E-state index in [9.17, 15) is 9.90 Å². The Bertz CT molecular complexity index is 1090. The van der Waals surface area contributed by atoms with Gasteiger partial charge in [-0.2, -0.15) is 0 Å². The number of benzene rings is 2. The molecular formula is C17H9NO3. The summed E-state index contributed by atoms with van der Waals surface area (Å²) >= 11 is 0. The van der Waals surface area contributed by atoms with Crippen LogP contribution in [0.5, 0.6) is 11.5 Å². The first-order chi connectivity index (χ1) is 10.2. The second kappa shape index (κ2) is 3.35. The smallest absolute Gasteiger partial charge is 0.341 e. The normalized spacial score (nSPS) is 12.6. The molecule has 21 heavy (non-hydrogen) atoms. The van der Waals surface area contributed by atoms with Gasteiger partial charge < -0.3 is 14.2 Å². The molecule has 0 fully saturated rings. The molecule has 0 saturated carbocycles. The lowest BCUT2D eigenvalue weighted by Gasteiger charge is -2.04. The maximum atomic E-state index is 11.6. The van der Waals surface area contributed by atoms with Crippen molar-refractivity contribution in [2.24, 2.45) is 0 Å². The topological polar surface area (TPSA) is 54.2 Å². The van der Waals surface area contributed by atoms with Crippen LogP contribution in [0.25, 0.3) is 27.2 Å². The maximum Gasteiger partial charge on any atom is 0.341 e. The minimum absolute atomic E-state index is 0.244. The number of fused-ring (bicyclic) bond motifs is 6. The molecule has 0 amide bonds. The Balaban J connectivity index is 2.09. The van der Waals surface area contributed by atoms with Gasteiger partial charge in [-0.1, -0.05) is 30.3 Å². The fraction of sp³-hybridized carbons (Fsp3) is 0. The number of hydrogen-bond donors (Lipinski definition) is 1. The van der Waals surface area contributed by atoms with Crippen LogP contribution < -0.4 is 4.74 Å². The van der Waals surface area contributed by atoms with E-state index in [0.717, 1.165) is 21.7 Å². The fourth-order valence-corrected chi connectivity index (χ4v) is 3.11. The van der Waals surface area contributed by atoms with Gasteiger partial charge in [0, 0.05) is 22.4 Å². The molecule has 4 aromatic rings. The summed E-state index contributed by atoms with van der Waals surface area (Å²) in [5.74, 6) is 0.191. The van der Waals surface area contributed by atoms with Crippen molar-refractivity contribution in [1.29, 1.82) is 0 Å². The highest BCUT2D eigenvalue weighted by Crippen LogP contribution is 2.51. The van der Waals surface area contributed by atoms with Gasteiger partial charge in [0.05, 0.1) is 11.0 Å². The van der Waals surface area contributed by atoms with Crippen LogP contribution in [-0.2, 0) is 0 Å². The molecule has 1 aliphatic rings. The summed E-state index contributed by atoms with van der Waals surface area (Å²) in [6, 6.07) is 13.9. The number of pyridine rings is 1. The molecule has 0 unspecified atom stereocenters. The van der Waals surface area contributed by atoms with Crippen molar-refractivity contribution in [3.05, 3.63) is 54.2 Å². The number of carboxylic acids is 1. The van der Waals surface area contributed by atoms with Crippen molar-refractivity contribution in [3.63, 3.8) is 0 Å². The second-order valence-corrected chi connectivity index (χ2v) is 5.23. The van der Waals surface area contributed by atoms with E-state index in [2.05, 4.69) is 0 Å². The number of ether oxygens (including phenoxy) is 1. The average Bonchev–Trinajstić information content (AvgIpc) is 3.14. The number of aromatic carboxylic acids is 1. The summed E-state index contributed by atoms with van der Waals surface area (Å²) in [5.41, 5.74) is 1.93. The standard InChI is InChI=1S/C17H9NO3/c19-17(20)14-15-9(7-13-16(14)21-13)5-6-12-11-4-2-1-3-10(11)8-18(12)15/h1-8H,(H,19,20). The van der Waals surface area contributed by atoms with E-state index < -0.39 is 5.97 Å². The summed E-state index contributed by atoms with van der Waals surface area (Å²) in [5, 5.41) is 12.6. The van der Waals surface area contributed by atoms with Crippen molar-refractivity contribution in [2.75, 3.05) is 0 Å². The van der Waals surface area contributed by atoms with Gasteiger partial charge in [-0.3, -0.25) is 0 Å². The lowest BCUT2D eigenvalue weighted by molar-refractivity contribution is 0.0698. The monoisotopic (exact) mass is 275 g/mol. The summed E-state index contributed by atoms with van der Waals surface area (Å²) in [6.45, 7) is 0. The molecule has 0 saturated heterocycles. The van der Waals surface area contributed by atoms with Crippen molar-refractivity contribution in [1.82, 2.24) is 4.40 Å². The Morgan fingerprint density at radius 1 is 1.10 bits per heavy atom. The average molecular weight is 275 g/mol. The Hall–Kier alpha value is -3.01. The zero-order chi connectivity index (χ0) is 14.1. The number of hydrogen-bond acceptors (Lipinski definition) is 2. The first-order valence-electron chi connectivity index (χ1n) is 6.65. The summed E-state index contributed by atoms with van der Waals surface area (Å²) in [6.07, 6.45) is 1.98. The first kappa shape index (κ1) is 10.7. The van der Waals surface area contributed by atoms with E-state index in [1.807, 2.05) is 53.1 Å². The molecule has 4 heteroatoms. The van der Waals surface area contributed by atoms with E-state index in [4.69, 9.17) is 4.74 Å². The highest BCUT2D eigenvalue weighted by molar-refractivity contribution is 6.10. The molecule has 100 valence electrons. The number of carbonyl (C=O) groups is 1. The predicted molar refractivity (Wildman–Crippen MR) is 79.4 cm³/mol. The van der Waals surface area contributed by atoms with Gasteiger partial charge in [0.25, 0.3) is 0 Å². The third-order valence-electron chi connectivity index (χ3n) is 4.06. The third kappa shape index (κ3) is 1.26. The van der Waals surface area contributed by atoms with Gasteiger partial charge in [0.1, 0.15) is 5.56 Å². The Morgan fingerprint density at radius 2 is 1.95 bits per heavy atom. The van der Waals surface area contributed by atoms with Crippen LogP contribution in [0, 0.1) is 0 Å². The molecule has 0 bridgehead atoms. The van der Waals surface area contributed by atoms with Crippen molar-refractivity contribution in [3.8, 4) is 11.5 Å². The molecule has 2 aromatic heterocycles. The van der Waals surface area contributed by atoms with Crippen LogP contribution in [0.1, 0.15) is 10.4 Å². The van der Waals surface area contributed by atoms with Crippen LogP contribution in [0.2, 0.25) is 0 Å². The first-order valence-corrected chi connectivity index (χ1v) is 6.65. The van der Waals surface area contributed by atoms with Crippen molar-refractivity contribution >= 4 is 33.2 Å². The molecule has 0 spiro atoms. The molecule has 3 heterocycles. The molecule has 0 aliphatic carbocycles. The second-order valence-electron chi connectivity index (χ2n) is 5.23. The minimum Gasteiger partial charge on any atom is -0.477 e. The largest absolute Gasteiger partial charge is 0.477 e. The fourth-order valence-electron chi connectivity index (χ4n) is 3.11. The van der Waals surface area contributed by atoms with Crippen LogP contribution >= 0.6 is 0 Å². The van der Waals surface area contributed by atoms with E-state index in [-0.39, 0.29) is 5.56 Å². The van der Waals surface area contributed by atoms with Gasteiger partial charge in [-0.05, 0) is 12.1 Å². The Morgan fingerprint density at radius 3 is 2.81 bits per heavy atom. The predicted octanol–water partition coefficient (Wildman–Crippen LogP) is 4.05. The van der Waals surface area contributed by atoms with Crippen molar-refractivity contribution < 1.29 is 14.6 Å². The zero-order valence-electron chi connectivity index (χ0n) is 10.8. The Kier molecular flexibility index (Phi) is 1.72. The van der Waals surface area contributed by atoms with E-state index >= 15 is 0 Å². The molecular weight excluding hydrogens is 266 g/mol. The third-order valence-corrected chi connectivity index (χ3v) is 4.06. The van der Waals surface area contributed by atoms with Crippen LogP contribution in [-0.4, -0.2) is 15.5 Å². The van der Waals surface area contributed by atoms with E-state index in [1.54, 1.807) is 0 Å². The lowest BCUT2D eigenvalue weighted by atomic mass is 10.1. The van der Waals surface area contributed by atoms with E-state index in [0.29, 0.717) is 17.0 Å². The molecule has 1 aliphatic heterocycles. The minimum atomic E-state index is -0.959. The van der Waals surface area contributed by atoms with Crippen LogP contribution in [0.3, 0.4) is 0 Å². The maximum absolute atomic E-state index is 11.6.